The van der Waals surface area contributed by atoms with E-state index >= 15 is 0 Å². The number of hydrogen-bond donors (Lipinski definition) is 1. The smallest absolute Gasteiger partial charge is 0.295 e. The van der Waals surface area contributed by atoms with Crippen LogP contribution < -0.4 is 0 Å². The number of carbonyl (C=O) groups excluding carboxylic acids is 2. The third kappa shape index (κ3) is 3.57. The van der Waals surface area contributed by atoms with Gasteiger partial charge in [-0.3, -0.25) is 9.59 Å². The van der Waals surface area contributed by atoms with E-state index in [1.807, 2.05) is 0 Å². The first-order valence-corrected chi connectivity index (χ1v) is 3.07. The Morgan fingerprint density at radius 1 is 1.45 bits per heavy atom. The van der Waals surface area contributed by atoms with Gasteiger partial charge in [0.25, 0.3) is 12.9 Å². The van der Waals surface area contributed by atoms with Crippen molar-refractivity contribution in [3.8, 4) is 0 Å². The Balaban J connectivity index is 3.86. The van der Waals surface area contributed by atoms with Crippen molar-refractivity contribution in [3.63, 3.8) is 0 Å². The lowest BCUT2D eigenvalue weighted by atomic mass is 10.2. The topological polar surface area (TPSA) is 72.8 Å². The maximum atomic E-state index is 9.82. The standard InChI is InChI=1S/C6H10O5/c1-2-6(9,11-5-8)3-10-4-7/h4-5,9H,2-3H2,1H3. The zero-order chi connectivity index (χ0) is 8.74. The summed E-state index contributed by atoms with van der Waals surface area (Å²) in [6.07, 6.45) is 0.166. The van der Waals surface area contributed by atoms with Crippen molar-refractivity contribution < 1.29 is 24.2 Å². The summed E-state index contributed by atoms with van der Waals surface area (Å²) in [5.74, 6) is -1.68. The van der Waals surface area contributed by atoms with E-state index in [-0.39, 0.29) is 26.0 Å². The van der Waals surface area contributed by atoms with Gasteiger partial charge in [-0.05, 0) is 0 Å². The molecule has 0 bridgehead atoms. The SMILES string of the molecule is CCC(O)(COC=O)OC=O. The van der Waals surface area contributed by atoms with Gasteiger partial charge in [0.15, 0.2) is 6.61 Å². The number of aliphatic hydroxyl groups is 1. The fourth-order valence-corrected chi connectivity index (χ4v) is 0.473. The molecule has 0 fully saturated rings. The van der Waals surface area contributed by atoms with E-state index in [9.17, 15) is 14.7 Å². The van der Waals surface area contributed by atoms with Gasteiger partial charge in [-0.25, -0.2) is 0 Å². The van der Waals surface area contributed by atoms with Gasteiger partial charge in [-0.15, -0.1) is 0 Å². The van der Waals surface area contributed by atoms with Crippen LogP contribution in [0.1, 0.15) is 13.3 Å². The molecule has 0 aromatic rings. The Kier molecular flexibility index (Phi) is 4.21. The van der Waals surface area contributed by atoms with Crippen LogP contribution >= 0.6 is 0 Å². The van der Waals surface area contributed by atoms with Gasteiger partial charge in [0.05, 0.1) is 0 Å². The molecule has 0 saturated heterocycles. The molecule has 0 amide bonds. The maximum absolute atomic E-state index is 9.82. The molecule has 0 aliphatic carbocycles. The van der Waals surface area contributed by atoms with Crippen LogP contribution in [-0.4, -0.2) is 30.4 Å². The average molecular weight is 162 g/mol. The van der Waals surface area contributed by atoms with Crippen LogP contribution in [0.15, 0.2) is 0 Å². The molecule has 0 radical (unpaired) electrons. The highest BCUT2D eigenvalue weighted by Crippen LogP contribution is 2.10. The molecule has 0 saturated carbocycles. The molecule has 0 aromatic heterocycles. The monoisotopic (exact) mass is 162 g/mol. The summed E-state index contributed by atoms with van der Waals surface area (Å²) in [6, 6.07) is 0. The van der Waals surface area contributed by atoms with Crippen LogP contribution in [0, 0.1) is 0 Å². The zero-order valence-corrected chi connectivity index (χ0v) is 6.15. The molecule has 0 aliphatic heterocycles. The van der Waals surface area contributed by atoms with Crippen LogP contribution in [0.4, 0.5) is 0 Å². The third-order valence-electron chi connectivity index (χ3n) is 1.20. The molecular weight excluding hydrogens is 152 g/mol. The minimum Gasteiger partial charge on any atom is -0.461 e. The molecule has 0 rings (SSSR count). The Morgan fingerprint density at radius 2 is 2.09 bits per heavy atom. The lowest BCUT2D eigenvalue weighted by Gasteiger charge is -2.22. The summed E-state index contributed by atoms with van der Waals surface area (Å²) in [5.41, 5.74) is 0. The van der Waals surface area contributed by atoms with Crippen molar-refractivity contribution in [2.75, 3.05) is 6.61 Å². The summed E-state index contributed by atoms with van der Waals surface area (Å²) in [7, 11) is 0. The summed E-state index contributed by atoms with van der Waals surface area (Å²) >= 11 is 0. The van der Waals surface area contributed by atoms with Gasteiger partial charge in [0, 0.05) is 6.42 Å². The third-order valence-corrected chi connectivity index (χ3v) is 1.20. The van der Waals surface area contributed by atoms with Crippen molar-refractivity contribution >= 4 is 12.9 Å². The lowest BCUT2D eigenvalue weighted by Crippen LogP contribution is -2.36. The Hall–Kier alpha value is -1.10. The van der Waals surface area contributed by atoms with E-state index in [1.165, 1.54) is 0 Å². The molecule has 0 spiro atoms. The van der Waals surface area contributed by atoms with E-state index in [0.717, 1.165) is 0 Å². The first-order valence-electron chi connectivity index (χ1n) is 3.07. The molecule has 5 nitrogen and oxygen atoms in total. The molecule has 0 aromatic carbocycles. The highest BCUT2D eigenvalue weighted by molar-refractivity contribution is 5.39. The minimum atomic E-state index is -1.68. The molecule has 0 aliphatic rings. The van der Waals surface area contributed by atoms with E-state index in [0.29, 0.717) is 0 Å². The average Bonchev–Trinajstić information content (AvgIpc) is 2.02. The van der Waals surface area contributed by atoms with Crippen LogP contribution in [0.25, 0.3) is 0 Å². The van der Waals surface area contributed by atoms with Crippen molar-refractivity contribution in [1.29, 1.82) is 0 Å². The molecule has 0 heterocycles. The highest BCUT2D eigenvalue weighted by Gasteiger charge is 2.26. The van der Waals surface area contributed by atoms with Crippen molar-refractivity contribution in [2.24, 2.45) is 0 Å². The van der Waals surface area contributed by atoms with Crippen molar-refractivity contribution in [2.45, 2.75) is 19.1 Å². The number of ether oxygens (including phenoxy) is 2. The predicted molar refractivity (Wildman–Crippen MR) is 34.4 cm³/mol. The summed E-state index contributed by atoms with van der Waals surface area (Å²) < 4.78 is 8.50. The lowest BCUT2D eigenvalue weighted by molar-refractivity contribution is -0.216. The molecule has 64 valence electrons. The molecule has 1 N–H and O–H groups in total. The van der Waals surface area contributed by atoms with Crippen molar-refractivity contribution in [1.82, 2.24) is 0 Å². The Labute approximate surface area is 63.9 Å². The highest BCUT2D eigenvalue weighted by atomic mass is 16.7. The summed E-state index contributed by atoms with van der Waals surface area (Å²) in [4.78, 5) is 19.5. The maximum Gasteiger partial charge on any atom is 0.295 e. The second-order valence-electron chi connectivity index (χ2n) is 1.92. The van der Waals surface area contributed by atoms with Crippen LogP contribution in [0.5, 0.6) is 0 Å². The quantitative estimate of drug-likeness (QED) is 0.418. The van der Waals surface area contributed by atoms with Gasteiger partial charge in [0.1, 0.15) is 0 Å². The van der Waals surface area contributed by atoms with Gasteiger partial charge in [-0.1, -0.05) is 6.92 Å². The van der Waals surface area contributed by atoms with Crippen LogP contribution in [0.2, 0.25) is 0 Å². The Bertz CT molecular complexity index is 135. The van der Waals surface area contributed by atoms with Gasteiger partial charge >= 0.3 is 0 Å². The number of carbonyl (C=O) groups is 2. The molecular formula is C6H10O5. The fraction of sp³-hybridized carbons (Fsp3) is 0.667. The molecule has 1 unspecified atom stereocenters. The number of hydrogen-bond acceptors (Lipinski definition) is 5. The van der Waals surface area contributed by atoms with Gasteiger partial charge < -0.3 is 14.6 Å². The molecule has 11 heavy (non-hydrogen) atoms. The predicted octanol–water partition coefficient (Wildman–Crippen LogP) is -0.569. The number of rotatable bonds is 6. The Morgan fingerprint density at radius 3 is 2.45 bits per heavy atom. The second-order valence-corrected chi connectivity index (χ2v) is 1.92. The zero-order valence-electron chi connectivity index (χ0n) is 6.15. The van der Waals surface area contributed by atoms with E-state index < -0.39 is 5.79 Å². The second kappa shape index (κ2) is 4.68. The first-order chi connectivity index (χ1) is 5.18. The van der Waals surface area contributed by atoms with E-state index in [1.54, 1.807) is 6.92 Å². The van der Waals surface area contributed by atoms with Crippen LogP contribution in [-0.2, 0) is 19.1 Å². The molecule has 5 heteroatoms. The first kappa shape index (κ1) is 9.90. The minimum absolute atomic E-state index is 0.109. The molecule has 1 atom stereocenters. The normalized spacial score (nSPS) is 14.7. The van der Waals surface area contributed by atoms with E-state index in [4.69, 9.17) is 0 Å². The fourth-order valence-electron chi connectivity index (χ4n) is 0.473. The van der Waals surface area contributed by atoms with Gasteiger partial charge in [-0.2, -0.15) is 0 Å². The summed E-state index contributed by atoms with van der Waals surface area (Å²) in [5, 5.41) is 9.21. The largest absolute Gasteiger partial charge is 0.461 e. The van der Waals surface area contributed by atoms with Crippen molar-refractivity contribution in [3.05, 3.63) is 0 Å². The van der Waals surface area contributed by atoms with E-state index in [2.05, 4.69) is 9.47 Å². The summed E-state index contributed by atoms with van der Waals surface area (Å²) in [6.45, 7) is 1.54. The van der Waals surface area contributed by atoms with Crippen LogP contribution in [0.3, 0.4) is 0 Å². The van der Waals surface area contributed by atoms with Gasteiger partial charge in [0.2, 0.25) is 5.79 Å².